The molecule has 1 aromatic carbocycles. The number of rotatable bonds is 1. The number of halogens is 1. The van der Waals surface area contributed by atoms with Crippen molar-refractivity contribution in [3.63, 3.8) is 0 Å². The van der Waals surface area contributed by atoms with E-state index in [0.717, 1.165) is 12.2 Å². The zero-order valence-corrected chi connectivity index (χ0v) is 12.9. The molecule has 5 nitrogen and oxygen atoms in total. The van der Waals surface area contributed by atoms with Crippen LogP contribution in [0.3, 0.4) is 0 Å². The molecule has 0 bridgehead atoms. The fourth-order valence-electron chi connectivity index (χ4n) is 3.30. The Morgan fingerprint density at radius 2 is 2.09 bits per heavy atom. The topological polar surface area (TPSA) is 51.3 Å². The van der Waals surface area contributed by atoms with Crippen molar-refractivity contribution in [1.29, 1.82) is 0 Å². The summed E-state index contributed by atoms with van der Waals surface area (Å²) in [5.41, 5.74) is 0.501. The Hall–Kier alpha value is -2.63. The van der Waals surface area contributed by atoms with Gasteiger partial charge in [-0.15, -0.1) is 0 Å². The molecule has 0 saturated heterocycles. The molecular weight excluding hydrogens is 297 g/mol. The van der Waals surface area contributed by atoms with E-state index in [9.17, 15) is 9.18 Å². The molecule has 23 heavy (non-hydrogen) atoms. The summed E-state index contributed by atoms with van der Waals surface area (Å²) in [4.78, 5) is 14.6. The Labute approximate surface area is 132 Å². The van der Waals surface area contributed by atoms with Crippen molar-refractivity contribution < 1.29 is 13.6 Å². The van der Waals surface area contributed by atoms with Gasteiger partial charge in [0.25, 0.3) is 5.91 Å². The Bertz CT molecular complexity index is 898. The fraction of sp³-hybridized carbons (Fsp3) is 0.294. The number of amides is 1. The molecule has 118 valence electrons. The van der Waals surface area contributed by atoms with Crippen molar-refractivity contribution in [2.24, 2.45) is 0 Å². The number of carbonyl (C=O) groups excluding carboxylic acids is 1. The Balaban J connectivity index is 1.77. The molecule has 3 heterocycles. The average molecular weight is 313 g/mol. The van der Waals surface area contributed by atoms with E-state index in [2.05, 4.69) is 12.0 Å². The normalized spacial score (nSPS) is 20.7. The summed E-state index contributed by atoms with van der Waals surface area (Å²) in [5.74, 6) is 0.380. The van der Waals surface area contributed by atoms with Gasteiger partial charge in [-0.05, 0) is 44.5 Å². The number of hydrogen-bond acceptors (Lipinski definition) is 3. The molecule has 3 aromatic rings. The monoisotopic (exact) mass is 313 g/mol. The molecule has 0 fully saturated rings. The third-order valence-electron chi connectivity index (χ3n) is 4.34. The van der Waals surface area contributed by atoms with E-state index in [-0.39, 0.29) is 29.6 Å². The van der Waals surface area contributed by atoms with Crippen molar-refractivity contribution in [2.45, 2.75) is 32.4 Å². The first-order chi connectivity index (χ1) is 11.0. The van der Waals surface area contributed by atoms with Crippen LogP contribution in [0.25, 0.3) is 11.0 Å². The molecule has 0 spiro atoms. The minimum atomic E-state index is -0.351. The second-order valence-corrected chi connectivity index (χ2v) is 6.04. The lowest BCUT2D eigenvalue weighted by Crippen LogP contribution is -2.44. The van der Waals surface area contributed by atoms with Gasteiger partial charge in [0.1, 0.15) is 17.2 Å². The third-order valence-corrected chi connectivity index (χ3v) is 4.34. The molecule has 0 saturated carbocycles. The Morgan fingerprint density at radius 1 is 1.26 bits per heavy atom. The van der Waals surface area contributed by atoms with Gasteiger partial charge >= 0.3 is 0 Å². The summed E-state index contributed by atoms with van der Waals surface area (Å²) >= 11 is 0. The Kier molecular flexibility index (Phi) is 3.01. The smallest absolute Gasteiger partial charge is 0.295 e. The van der Waals surface area contributed by atoms with Gasteiger partial charge < -0.3 is 4.42 Å². The maximum Gasteiger partial charge on any atom is 0.295 e. The number of carbonyl (C=O) groups is 1. The maximum absolute atomic E-state index is 13.3. The van der Waals surface area contributed by atoms with E-state index in [1.165, 1.54) is 18.2 Å². The average Bonchev–Trinajstić information content (AvgIpc) is 3.13. The number of furan rings is 1. The summed E-state index contributed by atoms with van der Waals surface area (Å²) in [5, 5.41) is 4.88. The molecule has 2 atom stereocenters. The first-order valence-electron chi connectivity index (χ1n) is 7.61. The minimum Gasteiger partial charge on any atom is -0.451 e. The van der Waals surface area contributed by atoms with E-state index < -0.39 is 0 Å². The Morgan fingerprint density at radius 3 is 2.91 bits per heavy atom. The van der Waals surface area contributed by atoms with Crippen LogP contribution in [0.5, 0.6) is 0 Å². The molecule has 0 unspecified atom stereocenters. The highest BCUT2D eigenvalue weighted by atomic mass is 19.1. The van der Waals surface area contributed by atoms with E-state index in [1.54, 1.807) is 17.2 Å². The van der Waals surface area contributed by atoms with Gasteiger partial charge in [-0.25, -0.2) is 9.07 Å². The second-order valence-electron chi connectivity index (χ2n) is 6.04. The number of aromatic nitrogens is 2. The van der Waals surface area contributed by atoms with E-state index in [0.29, 0.717) is 11.0 Å². The molecule has 4 rings (SSSR count). The predicted octanol–water partition coefficient (Wildman–Crippen LogP) is 3.77. The summed E-state index contributed by atoms with van der Waals surface area (Å²) in [6.45, 7) is 4.09. The van der Waals surface area contributed by atoms with Gasteiger partial charge in [-0.3, -0.25) is 9.69 Å². The van der Waals surface area contributed by atoms with Crippen LogP contribution in [-0.4, -0.2) is 21.7 Å². The second kappa shape index (κ2) is 4.94. The number of hydrogen-bond donors (Lipinski definition) is 0. The largest absolute Gasteiger partial charge is 0.451 e. The lowest BCUT2D eigenvalue weighted by molar-refractivity contribution is 0.0942. The van der Waals surface area contributed by atoms with Crippen molar-refractivity contribution in [3.8, 4) is 0 Å². The summed E-state index contributed by atoms with van der Waals surface area (Å²) in [6.07, 6.45) is 2.51. The van der Waals surface area contributed by atoms with Gasteiger partial charge in [0.15, 0.2) is 5.76 Å². The SMILES string of the molecule is C[C@@H]1C[C@H](C)N(C(=O)c2cc3cc(F)ccc3o2)c2ccnn21. The number of anilines is 1. The van der Waals surface area contributed by atoms with Gasteiger partial charge in [-0.2, -0.15) is 5.10 Å². The van der Waals surface area contributed by atoms with Crippen molar-refractivity contribution >= 4 is 22.7 Å². The van der Waals surface area contributed by atoms with Crippen LogP contribution in [0.4, 0.5) is 10.2 Å². The highest BCUT2D eigenvalue weighted by Gasteiger charge is 2.34. The molecule has 0 N–H and O–H groups in total. The highest BCUT2D eigenvalue weighted by molar-refractivity contribution is 6.06. The fourth-order valence-corrected chi connectivity index (χ4v) is 3.30. The summed E-state index contributed by atoms with van der Waals surface area (Å²) in [7, 11) is 0. The first-order valence-corrected chi connectivity index (χ1v) is 7.61. The zero-order valence-electron chi connectivity index (χ0n) is 12.9. The standard InChI is InChI=1S/C17H16FN3O2/c1-10-7-11(2)21-16(5-6-19-21)20(10)17(22)15-9-12-8-13(18)3-4-14(12)23-15/h3-6,8-11H,7H2,1-2H3/t10-,11+/m0/s1. The van der Waals surface area contributed by atoms with Crippen LogP contribution < -0.4 is 4.90 Å². The highest BCUT2D eigenvalue weighted by Crippen LogP contribution is 2.33. The van der Waals surface area contributed by atoms with Gasteiger partial charge in [0.2, 0.25) is 0 Å². The zero-order chi connectivity index (χ0) is 16.1. The van der Waals surface area contributed by atoms with Gasteiger partial charge in [0.05, 0.1) is 12.2 Å². The van der Waals surface area contributed by atoms with E-state index in [1.807, 2.05) is 17.7 Å². The van der Waals surface area contributed by atoms with Crippen LogP contribution >= 0.6 is 0 Å². The number of nitrogens with zero attached hydrogens (tertiary/aromatic N) is 3. The molecule has 1 aliphatic rings. The quantitative estimate of drug-likeness (QED) is 0.687. The molecule has 0 radical (unpaired) electrons. The van der Waals surface area contributed by atoms with Crippen molar-refractivity contribution in [3.05, 3.63) is 48.1 Å². The molecule has 1 aliphatic heterocycles. The van der Waals surface area contributed by atoms with Crippen LogP contribution in [0.2, 0.25) is 0 Å². The predicted molar refractivity (Wildman–Crippen MR) is 84.0 cm³/mol. The van der Waals surface area contributed by atoms with Crippen molar-refractivity contribution in [2.75, 3.05) is 4.90 Å². The minimum absolute atomic E-state index is 0.0339. The molecule has 2 aromatic heterocycles. The number of benzene rings is 1. The van der Waals surface area contributed by atoms with Crippen molar-refractivity contribution in [1.82, 2.24) is 9.78 Å². The lowest BCUT2D eigenvalue weighted by atomic mass is 10.1. The van der Waals surface area contributed by atoms with Crippen LogP contribution in [0.1, 0.15) is 36.9 Å². The van der Waals surface area contributed by atoms with E-state index in [4.69, 9.17) is 4.42 Å². The van der Waals surface area contributed by atoms with Gasteiger partial charge in [0, 0.05) is 17.5 Å². The lowest BCUT2D eigenvalue weighted by Gasteiger charge is -2.36. The third kappa shape index (κ3) is 2.13. The van der Waals surface area contributed by atoms with Crippen LogP contribution in [-0.2, 0) is 0 Å². The number of fused-ring (bicyclic) bond motifs is 2. The van der Waals surface area contributed by atoms with E-state index >= 15 is 0 Å². The molecule has 1 amide bonds. The van der Waals surface area contributed by atoms with Crippen LogP contribution in [0.15, 0.2) is 40.9 Å². The van der Waals surface area contributed by atoms with Crippen LogP contribution in [0, 0.1) is 5.82 Å². The molecular formula is C17H16FN3O2. The molecule has 0 aliphatic carbocycles. The first kappa shape index (κ1) is 14.0. The molecule has 6 heteroatoms. The summed E-state index contributed by atoms with van der Waals surface area (Å²) < 4.78 is 20.8. The maximum atomic E-state index is 13.3. The van der Waals surface area contributed by atoms with Gasteiger partial charge in [-0.1, -0.05) is 0 Å². The summed E-state index contributed by atoms with van der Waals surface area (Å²) in [6, 6.07) is 7.91.